The van der Waals surface area contributed by atoms with E-state index in [4.69, 9.17) is 4.74 Å². The summed E-state index contributed by atoms with van der Waals surface area (Å²) in [5.41, 5.74) is 2.79. The molecule has 0 unspecified atom stereocenters. The number of hydrogen-bond acceptors (Lipinski definition) is 6. The predicted octanol–water partition coefficient (Wildman–Crippen LogP) is 4.11. The van der Waals surface area contributed by atoms with Crippen LogP contribution in [0, 0.1) is 0 Å². The first-order chi connectivity index (χ1) is 14.5. The first-order valence-corrected chi connectivity index (χ1v) is 10.6. The van der Waals surface area contributed by atoms with Gasteiger partial charge >= 0.3 is 0 Å². The van der Waals surface area contributed by atoms with E-state index in [9.17, 15) is 13.5 Å². The SMILES string of the molecule is COc1cccc(CNc2ccc(S(=O)(=O)Nc3nc4ccccc4[nH]3)cc2)c1O.Cl. The maximum atomic E-state index is 12.6. The van der Waals surface area contributed by atoms with Crippen molar-refractivity contribution in [3.63, 3.8) is 0 Å². The molecule has 0 saturated carbocycles. The molecule has 0 aliphatic carbocycles. The Hall–Kier alpha value is -3.43. The lowest BCUT2D eigenvalue weighted by Gasteiger charge is -2.11. The second-order valence-corrected chi connectivity index (χ2v) is 8.24. The Morgan fingerprint density at radius 2 is 1.77 bits per heavy atom. The summed E-state index contributed by atoms with van der Waals surface area (Å²) < 4.78 is 32.9. The zero-order valence-electron chi connectivity index (χ0n) is 16.5. The summed E-state index contributed by atoms with van der Waals surface area (Å²) in [5, 5.41) is 13.3. The van der Waals surface area contributed by atoms with E-state index in [2.05, 4.69) is 20.0 Å². The third-order valence-corrected chi connectivity index (χ3v) is 5.93. The number of anilines is 2. The van der Waals surface area contributed by atoms with Crippen molar-refractivity contribution in [1.82, 2.24) is 9.97 Å². The van der Waals surface area contributed by atoms with Crippen LogP contribution < -0.4 is 14.8 Å². The van der Waals surface area contributed by atoms with Gasteiger partial charge in [-0.25, -0.2) is 18.1 Å². The first kappa shape index (κ1) is 22.3. The second kappa shape index (κ2) is 9.15. The van der Waals surface area contributed by atoms with Gasteiger partial charge in [0.2, 0.25) is 5.95 Å². The third-order valence-electron chi connectivity index (χ3n) is 4.57. The highest BCUT2D eigenvalue weighted by molar-refractivity contribution is 7.92. The summed E-state index contributed by atoms with van der Waals surface area (Å²) in [5.74, 6) is 0.626. The molecule has 0 saturated heterocycles. The van der Waals surface area contributed by atoms with Crippen molar-refractivity contribution < 1.29 is 18.3 Å². The molecule has 162 valence electrons. The van der Waals surface area contributed by atoms with Gasteiger partial charge in [-0.05, 0) is 42.5 Å². The van der Waals surface area contributed by atoms with E-state index in [0.717, 1.165) is 5.52 Å². The van der Waals surface area contributed by atoms with Crippen LogP contribution in [-0.2, 0) is 16.6 Å². The van der Waals surface area contributed by atoms with Gasteiger partial charge in [-0.2, -0.15) is 0 Å². The fourth-order valence-electron chi connectivity index (χ4n) is 3.01. The van der Waals surface area contributed by atoms with Crippen LogP contribution in [0.2, 0.25) is 0 Å². The molecule has 0 aliphatic heterocycles. The van der Waals surface area contributed by atoms with Gasteiger partial charge in [-0.1, -0.05) is 24.3 Å². The quantitative estimate of drug-likeness (QED) is 0.330. The molecule has 1 heterocycles. The van der Waals surface area contributed by atoms with E-state index in [1.165, 1.54) is 19.2 Å². The number of sulfonamides is 1. The molecule has 31 heavy (non-hydrogen) atoms. The number of nitrogens with one attached hydrogen (secondary N) is 3. The van der Waals surface area contributed by atoms with Crippen molar-refractivity contribution >= 4 is 45.1 Å². The number of phenolic OH excluding ortho intramolecular Hbond substituents is 1. The molecule has 0 bridgehead atoms. The average molecular weight is 461 g/mol. The molecule has 3 aromatic carbocycles. The van der Waals surface area contributed by atoms with Crippen molar-refractivity contribution in [3.8, 4) is 11.5 Å². The Kier molecular flexibility index (Phi) is 6.57. The van der Waals surface area contributed by atoms with Crippen molar-refractivity contribution in [1.29, 1.82) is 0 Å². The van der Waals surface area contributed by atoms with E-state index >= 15 is 0 Å². The molecule has 10 heteroatoms. The number of hydrogen-bond donors (Lipinski definition) is 4. The number of para-hydroxylation sites is 3. The van der Waals surface area contributed by atoms with Crippen molar-refractivity contribution in [2.24, 2.45) is 0 Å². The first-order valence-electron chi connectivity index (χ1n) is 9.12. The number of rotatable bonds is 7. The van der Waals surface area contributed by atoms with Gasteiger partial charge in [-0.15, -0.1) is 12.4 Å². The lowest BCUT2D eigenvalue weighted by Crippen LogP contribution is -2.14. The number of halogens is 1. The number of ether oxygens (including phenoxy) is 1. The van der Waals surface area contributed by atoms with Crippen LogP contribution in [-0.4, -0.2) is 30.6 Å². The van der Waals surface area contributed by atoms with Gasteiger partial charge in [0.15, 0.2) is 11.5 Å². The Morgan fingerprint density at radius 1 is 1.03 bits per heavy atom. The molecule has 4 N–H and O–H groups in total. The number of H-pyrrole nitrogens is 1. The number of nitrogens with zero attached hydrogens (tertiary/aromatic N) is 1. The third kappa shape index (κ3) is 4.84. The topological polar surface area (TPSA) is 116 Å². The average Bonchev–Trinajstić information content (AvgIpc) is 3.15. The van der Waals surface area contributed by atoms with Crippen LogP contribution in [0.25, 0.3) is 11.0 Å². The zero-order chi connectivity index (χ0) is 21.1. The van der Waals surface area contributed by atoms with E-state index < -0.39 is 10.0 Å². The summed E-state index contributed by atoms with van der Waals surface area (Å²) in [7, 11) is -2.30. The van der Waals surface area contributed by atoms with Gasteiger partial charge in [0.1, 0.15) is 0 Å². The van der Waals surface area contributed by atoms with Gasteiger partial charge in [0, 0.05) is 17.8 Å². The van der Waals surface area contributed by atoms with E-state index in [1.54, 1.807) is 36.4 Å². The minimum Gasteiger partial charge on any atom is -0.504 e. The molecular formula is C21H21ClN4O4S. The van der Waals surface area contributed by atoms with Crippen molar-refractivity contribution in [3.05, 3.63) is 72.3 Å². The summed E-state index contributed by atoms with van der Waals surface area (Å²) >= 11 is 0. The van der Waals surface area contributed by atoms with E-state index in [-0.39, 0.29) is 29.0 Å². The lowest BCUT2D eigenvalue weighted by molar-refractivity contribution is 0.371. The molecule has 8 nitrogen and oxygen atoms in total. The molecule has 4 rings (SSSR count). The zero-order valence-corrected chi connectivity index (χ0v) is 18.1. The maximum absolute atomic E-state index is 12.6. The summed E-state index contributed by atoms with van der Waals surface area (Å²) in [4.78, 5) is 7.28. The molecule has 0 radical (unpaired) electrons. The fourth-order valence-corrected chi connectivity index (χ4v) is 3.98. The van der Waals surface area contributed by atoms with Crippen molar-refractivity contribution in [2.45, 2.75) is 11.4 Å². The number of phenols is 1. The lowest BCUT2D eigenvalue weighted by atomic mass is 10.2. The van der Waals surface area contributed by atoms with Gasteiger partial charge in [-0.3, -0.25) is 0 Å². The maximum Gasteiger partial charge on any atom is 0.264 e. The molecule has 0 amide bonds. The van der Waals surface area contributed by atoms with Gasteiger partial charge in [0.05, 0.1) is 23.0 Å². The molecule has 1 aromatic heterocycles. The number of aromatic nitrogens is 2. The molecule has 0 aliphatic rings. The fraction of sp³-hybridized carbons (Fsp3) is 0.0952. The smallest absolute Gasteiger partial charge is 0.264 e. The number of aromatic amines is 1. The Balaban J connectivity index is 0.00000272. The highest BCUT2D eigenvalue weighted by atomic mass is 35.5. The van der Waals surface area contributed by atoms with Crippen molar-refractivity contribution in [2.75, 3.05) is 17.1 Å². The number of aromatic hydroxyl groups is 1. The molecule has 0 spiro atoms. The summed E-state index contributed by atoms with van der Waals surface area (Å²) in [6.07, 6.45) is 0. The number of methoxy groups -OCH3 is 1. The summed E-state index contributed by atoms with van der Waals surface area (Å²) in [6, 6.07) is 18.8. The largest absolute Gasteiger partial charge is 0.504 e. The number of benzene rings is 3. The normalized spacial score (nSPS) is 11.0. The molecule has 0 fully saturated rings. The van der Waals surface area contributed by atoms with E-state index in [1.807, 2.05) is 18.2 Å². The van der Waals surface area contributed by atoms with Crippen LogP contribution in [0.4, 0.5) is 11.6 Å². The Morgan fingerprint density at radius 3 is 2.48 bits per heavy atom. The Bertz CT molecular complexity index is 1260. The summed E-state index contributed by atoms with van der Waals surface area (Å²) in [6.45, 7) is 0.354. The second-order valence-electron chi connectivity index (χ2n) is 6.55. The predicted molar refractivity (Wildman–Crippen MR) is 123 cm³/mol. The minimum absolute atomic E-state index is 0. The highest BCUT2D eigenvalue weighted by Gasteiger charge is 2.16. The van der Waals surface area contributed by atoms with Gasteiger partial charge < -0.3 is 20.1 Å². The van der Waals surface area contributed by atoms with E-state index in [0.29, 0.717) is 29.1 Å². The standard InChI is InChI=1S/C21H20N4O4S.ClH/c1-29-19-8-4-5-14(20(19)26)13-22-15-9-11-16(12-10-15)30(27,28)25-21-23-17-6-2-3-7-18(17)24-21;/h2-12,22,26H,13H2,1H3,(H2,23,24,25);1H. The van der Waals surface area contributed by atoms with Crippen LogP contribution in [0.1, 0.15) is 5.56 Å². The molecule has 4 aromatic rings. The van der Waals surface area contributed by atoms with Crippen LogP contribution in [0.5, 0.6) is 11.5 Å². The number of fused-ring (bicyclic) bond motifs is 1. The van der Waals surface area contributed by atoms with Crippen LogP contribution in [0.15, 0.2) is 71.6 Å². The van der Waals surface area contributed by atoms with Crippen LogP contribution in [0.3, 0.4) is 0 Å². The number of imidazole rings is 1. The molecule has 0 atom stereocenters. The minimum atomic E-state index is -3.79. The highest BCUT2D eigenvalue weighted by Crippen LogP contribution is 2.30. The van der Waals surface area contributed by atoms with Crippen LogP contribution >= 0.6 is 12.4 Å². The Labute approximate surface area is 185 Å². The van der Waals surface area contributed by atoms with Gasteiger partial charge in [0.25, 0.3) is 10.0 Å². The molecular weight excluding hydrogens is 440 g/mol. The monoisotopic (exact) mass is 460 g/mol.